The first-order chi connectivity index (χ1) is 35.9. The molecule has 7 heteroatoms. The van der Waals surface area contributed by atoms with E-state index in [0.29, 0.717) is 16.7 Å². The third-order valence-electron chi connectivity index (χ3n) is 14.4. The predicted molar refractivity (Wildman–Crippen MR) is 299 cm³/mol. The molecule has 0 aliphatic rings. The first-order valence-corrected chi connectivity index (χ1v) is 24.4. The van der Waals surface area contributed by atoms with Crippen LogP contribution in [0.15, 0.2) is 200 Å². The molecule has 0 saturated carbocycles. The summed E-state index contributed by atoms with van der Waals surface area (Å²) in [7, 11) is 0. The molecular formula is C67H45F3N4. The second-order valence-corrected chi connectivity index (χ2v) is 19.3. The van der Waals surface area contributed by atoms with Crippen LogP contribution >= 0.6 is 0 Å². The summed E-state index contributed by atoms with van der Waals surface area (Å²) < 4.78 is 50.6. The minimum Gasteiger partial charge on any atom is -0.319 e. The molecule has 0 aliphatic heterocycles. The Balaban J connectivity index is 1.22. The predicted octanol–water partition coefficient (Wildman–Crippen LogP) is 19.6. The van der Waals surface area contributed by atoms with Gasteiger partial charge in [0.1, 0.15) is 0 Å². The van der Waals surface area contributed by atoms with Crippen LogP contribution in [0.3, 0.4) is 0 Å². The Labute approximate surface area is 427 Å². The number of aryl methyl sites for hydroxylation is 4. The summed E-state index contributed by atoms with van der Waals surface area (Å²) in [4.78, 5) is 8.11. The van der Waals surface area contributed by atoms with Crippen molar-refractivity contribution in [2.75, 3.05) is 0 Å². The van der Waals surface area contributed by atoms with Gasteiger partial charge in [0.25, 0.3) is 0 Å². The second kappa shape index (κ2) is 17.7. The van der Waals surface area contributed by atoms with Crippen LogP contribution in [0, 0.1) is 40.8 Å². The zero-order chi connectivity index (χ0) is 51.0. The molecule has 0 bridgehead atoms. The lowest BCUT2D eigenvalue weighted by Crippen LogP contribution is -2.09. The van der Waals surface area contributed by atoms with Gasteiger partial charge in [-0.3, -0.25) is 0 Å². The number of aromatic nitrogens is 2. The molecule has 2 heterocycles. The number of halogens is 3. The molecule has 0 atom stereocenters. The van der Waals surface area contributed by atoms with E-state index in [2.05, 4.69) is 175 Å². The zero-order valence-electron chi connectivity index (χ0n) is 41.0. The molecule has 0 saturated heterocycles. The van der Waals surface area contributed by atoms with Gasteiger partial charge < -0.3 is 9.13 Å². The van der Waals surface area contributed by atoms with E-state index in [1.165, 1.54) is 12.1 Å². The largest absolute Gasteiger partial charge is 0.415 e. The van der Waals surface area contributed by atoms with E-state index < -0.39 is 11.7 Å². The fourth-order valence-electron chi connectivity index (χ4n) is 11.0. The highest BCUT2D eigenvalue weighted by Crippen LogP contribution is 2.51. The van der Waals surface area contributed by atoms with E-state index in [4.69, 9.17) is 6.57 Å². The van der Waals surface area contributed by atoms with E-state index in [1.807, 2.05) is 41.0 Å². The van der Waals surface area contributed by atoms with E-state index in [9.17, 15) is 6.57 Å². The molecule has 10 aromatic carbocycles. The van der Waals surface area contributed by atoms with Gasteiger partial charge in [0.15, 0.2) is 5.69 Å². The average molecular weight is 963 g/mol. The van der Waals surface area contributed by atoms with E-state index in [-0.39, 0.29) is 28.2 Å². The van der Waals surface area contributed by atoms with Gasteiger partial charge in [-0.15, -0.1) is 0 Å². The third-order valence-corrected chi connectivity index (χ3v) is 14.4. The molecule has 0 amide bonds. The summed E-state index contributed by atoms with van der Waals surface area (Å²) in [5.74, 6) is 0. The van der Waals surface area contributed by atoms with Crippen molar-refractivity contribution in [1.29, 1.82) is 0 Å². The number of fused-ring (bicyclic) bond motifs is 6. The highest BCUT2D eigenvalue weighted by molar-refractivity contribution is 6.15. The molecule has 0 unspecified atom stereocenters. The number of hydrogen-bond donors (Lipinski definition) is 0. The lowest BCUT2D eigenvalue weighted by atomic mass is 9.94. The van der Waals surface area contributed by atoms with Crippen LogP contribution in [-0.4, -0.2) is 9.13 Å². The van der Waals surface area contributed by atoms with Gasteiger partial charge in [0, 0.05) is 27.1 Å². The van der Waals surface area contributed by atoms with E-state index in [0.717, 1.165) is 105 Å². The lowest BCUT2D eigenvalue weighted by molar-refractivity contribution is -0.137. The molecule has 0 spiro atoms. The second-order valence-electron chi connectivity index (χ2n) is 19.3. The molecule has 4 nitrogen and oxygen atoms in total. The van der Waals surface area contributed by atoms with Crippen molar-refractivity contribution in [2.24, 2.45) is 0 Å². The third kappa shape index (κ3) is 7.69. The molecule has 2 aromatic heterocycles. The molecule has 12 rings (SSSR count). The average Bonchev–Trinajstić information content (AvgIpc) is 3.92. The van der Waals surface area contributed by atoms with Crippen LogP contribution in [0.2, 0.25) is 0 Å². The number of benzene rings is 10. The van der Waals surface area contributed by atoms with Crippen LogP contribution < -0.4 is 0 Å². The van der Waals surface area contributed by atoms with E-state index in [1.54, 1.807) is 12.1 Å². The van der Waals surface area contributed by atoms with Crippen molar-refractivity contribution in [3.8, 4) is 67.0 Å². The minimum atomic E-state index is -4.83. The smallest absolute Gasteiger partial charge is 0.319 e. The maximum Gasteiger partial charge on any atom is 0.415 e. The Morgan fingerprint density at radius 3 is 1.09 bits per heavy atom. The van der Waals surface area contributed by atoms with Crippen molar-refractivity contribution in [3.05, 3.63) is 251 Å². The fourth-order valence-corrected chi connectivity index (χ4v) is 11.0. The normalized spacial score (nSPS) is 11.7. The SMILES string of the molecule is [C-]#[N+]c1cccc(C(F)(F)F)c1-c1ccc(-n2c3ccc(-c4cccc(C)c4)cc3c3cc(-c4cccc(C)c4)ccc32)c([N+]#[C-])c1-n1c2ccc(-c3cccc(C)c3)cc2c2cc(-c3cccc(C)c3)ccc21. The molecular weight excluding hydrogens is 918 g/mol. The summed E-state index contributed by atoms with van der Waals surface area (Å²) in [6.45, 7) is 25.8. The van der Waals surface area contributed by atoms with Crippen molar-refractivity contribution in [2.45, 2.75) is 33.9 Å². The Bertz CT molecular complexity index is 4180. The fraction of sp³-hybridized carbons (Fsp3) is 0.0746. The Morgan fingerprint density at radius 2 is 0.743 bits per heavy atom. The first kappa shape index (κ1) is 45.7. The summed E-state index contributed by atoms with van der Waals surface area (Å²) in [6, 6.07) is 65.6. The van der Waals surface area contributed by atoms with Crippen molar-refractivity contribution in [3.63, 3.8) is 0 Å². The van der Waals surface area contributed by atoms with Gasteiger partial charge in [-0.25, -0.2) is 9.69 Å². The number of alkyl halides is 3. The van der Waals surface area contributed by atoms with Crippen LogP contribution in [0.25, 0.3) is 120 Å². The lowest BCUT2D eigenvalue weighted by Gasteiger charge is -2.23. The summed E-state index contributed by atoms with van der Waals surface area (Å²) in [6.07, 6.45) is -4.83. The first-order valence-electron chi connectivity index (χ1n) is 24.4. The minimum absolute atomic E-state index is 0.118. The van der Waals surface area contributed by atoms with E-state index >= 15 is 13.2 Å². The number of hydrogen-bond acceptors (Lipinski definition) is 0. The Kier molecular flexibility index (Phi) is 10.9. The summed E-state index contributed by atoms with van der Waals surface area (Å²) in [5, 5.41) is 3.63. The number of nitrogens with zero attached hydrogens (tertiary/aromatic N) is 4. The highest BCUT2D eigenvalue weighted by atomic mass is 19.4. The maximum absolute atomic E-state index is 15.5. The van der Waals surface area contributed by atoms with Gasteiger partial charge in [-0.1, -0.05) is 168 Å². The standard InChI is InChI=1S/C67H45F3N4/c1-40-12-7-16-44(32-40)48-22-27-59-53(36-48)54-37-49(45-17-8-13-41(2)33-45)23-28-60(54)73(59)63-31-26-52(64-57(67(68,69)70)20-11-21-58(64)71-5)66(65(63)72-6)74-61-29-24-50(46-18-9-14-42(3)34-46)38-55(61)56-39-51(25-30-62(56)74)47-19-10-15-43(4)35-47/h7-39H,1-4H3. The topological polar surface area (TPSA) is 18.6 Å². The summed E-state index contributed by atoms with van der Waals surface area (Å²) >= 11 is 0. The van der Waals surface area contributed by atoms with Crippen LogP contribution in [0.1, 0.15) is 27.8 Å². The van der Waals surface area contributed by atoms with Crippen LogP contribution in [-0.2, 0) is 6.18 Å². The summed E-state index contributed by atoms with van der Waals surface area (Å²) in [5.41, 5.74) is 15.3. The van der Waals surface area contributed by atoms with Crippen LogP contribution in [0.5, 0.6) is 0 Å². The van der Waals surface area contributed by atoms with Gasteiger partial charge >= 0.3 is 6.18 Å². The zero-order valence-corrected chi connectivity index (χ0v) is 41.0. The van der Waals surface area contributed by atoms with Crippen LogP contribution in [0.4, 0.5) is 24.5 Å². The monoisotopic (exact) mass is 962 g/mol. The number of rotatable bonds is 7. The van der Waals surface area contributed by atoms with Crippen molar-refractivity contribution < 1.29 is 13.2 Å². The van der Waals surface area contributed by atoms with Gasteiger partial charge in [0.05, 0.1) is 52.1 Å². The molecule has 0 N–H and O–H groups in total. The van der Waals surface area contributed by atoms with Gasteiger partial charge in [-0.05, 0) is 132 Å². The Morgan fingerprint density at radius 1 is 0.378 bits per heavy atom. The molecule has 12 aromatic rings. The molecule has 0 aliphatic carbocycles. The quantitative estimate of drug-likeness (QED) is 0.142. The van der Waals surface area contributed by atoms with Crippen molar-refractivity contribution >= 4 is 55.0 Å². The molecule has 0 fully saturated rings. The van der Waals surface area contributed by atoms with Crippen molar-refractivity contribution in [1.82, 2.24) is 9.13 Å². The van der Waals surface area contributed by atoms with Gasteiger partial charge in [-0.2, -0.15) is 13.2 Å². The molecule has 0 radical (unpaired) electrons. The van der Waals surface area contributed by atoms with Gasteiger partial charge in [0.2, 0.25) is 5.69 Å². The highest BCUT2D eigenvalue weighted by Gasteiger charge is 2.36. The molecule has 354 valence electrons. The molecule has 74 heavy (non-hydrogen) atoms. The Hall–Kier alpha value is -9.43. The maximum atomic E-state index is 15.5.